The second kappa shape index (κ2) is 6.95. The smallest absolute Gasteiger partial charge is 0.274 e. The summed E-state index contributed by atoms with van der Waals surface area (Å²) in [6, 6.07) is 11.9. The van der Waals surface area contributed by atoms with Crippen LogP contribution < -0.4 is 10.5 Å². The van der Waals surface area contributed by atoms with Crippen LogP contribution in [0.2, 0.25) is 0 Å². The minimum absolute atomic E-state index is 0.0409. The number of ether oxygens (including phenoxy) is 1. The van der Waals surface area contributed by atoms with Crippen molar-refractivity contribution in [2.24, 2.45) is 11.8 Å². The zero-order valence-electron chi connectivity index (χ0n) is 16.6. The van der Waals surface area contributed by atoms with E-state index >= 15 is 0 Å². The number of aryl methyl sites for hydroxylation is 2. The van der Waals surface area contributed by atoms with Crippen LogP contribution in [0, 0.1) is 11.8 Å². The minimum atomic E-state index is -0.0409. The van der Waals surface area contributed by atoms with Gasteiger partial charge in [-0.2, -0.15) is 5.10 Å². The number of benzene rings is 1. The molecule has 0 bridgehead atoms. The molecule has 6 rings (SSSR count). The van der Waals surface area contributed by atoms with Crippen LogP contribution >= 0.6 is 0 Å². The number of rotatable bonds is 4. The van der Waals surface area contributed by atoms with Crippen LogP contribution in [0.15, 0.2) is 59.8 Å². The first kappa shape index (κ1) is 17.7. The number of fused-ring (bicyclic) bond motifs is 3. The first-order valence-corrected chi connectivity index (χ1v) is 10.5. The molecule has 2 saturated heterocycles. The van der Waals surface area contributed by atoms with Crippen molar-refractivity contribution < 1.29 is 4.74 Å². The van der Waals surface area contributed by atoms with Gasteiger partial charge in [0.1, 0.15) is 5.65 Å². The van der Waals surface area contributed by atoms with Crippen LogP contribution in [-0.2, 0) is 17.7 Å². The highest BCUT2D eigenvalue weighted by Gasteiger charge is 2.37. The van der Waals surface area contributed by atoms with Crippen molar-refractivity contribution in [1.29, 1.82) is 0 Å². The topological polar surface area (TPSA) is 64.7 Å². The van der Waals surface area contributed by atoms with Crippen LogP contribution in [0.4, 0.5) is 5.69 Å². The van der Waals surface area contributed by atoms with Gasteiger partial charge in [-0.15, -0.1) is 0 Å². The molecule has 2 atom stereocenters. The lowest BCUT2D eigenvalue weighted by Gasteiger charge is -2.21. The molecule has 7 heteroatoms. The Labute approximate surface area is 173 Å². The highest BCUT2D eigenvalue weighted by molar-refractivity contribution is 5.93. The summed E-state index contributed by atoms with van der Waals surface area (Å²) < 4.78 is 9.15. The summed E-state index contributed by atoms with van der Waals surface area (Å²) >= 11 is 0. The summed E-state index contributed by atoms with van der Waals surface area (Å²) in [6.45, 7) is 4.18. The molecule has 152 valence electrons. The molecule has 0 saturated carbocycles. The maximum Gasteiger partial charge on any atom is 0.274 e. The van der Waals surface area contributed by atoms with E-state index < -0.39 is 0 Å². The second-order valence-electron chi connectivity index (χ2n) is 8.32. The summed E-state index contributed by atoms with van der Waals surface area (Å²) in [5.41, 5.74) is 2.94. The van der Waals surface area contributed by atoms with Crippen molar-refractivity contribution in [2.45, 2.75) is 13.0 Å². The minimum Gasteiger partial charge on any atom is -0.381 e. The SMILES string of the molecule is O=c1c2cccc(N3CC4COCC4C3)c2cnn1CCc1cn2ccccc2n1. The highest BCUT2D eigenvalue weighted by atomic mass is 16.5. The van der Waals surface area contributed by atoms with Crippen molar-refractivity contribution in [1.82, 2.24) is 19.2 Å². The van der Waals surface area contributed by atoms with Gasteiger partial charge in [-0.05, 0) is 24.3 Å². The van der Waals surface area contributed by atoms with Crippen molar-refractivity contribution >= 4 is 22.1 Å². The van der Waals surface area contributed by atoms with Gasteiger partial charge < -0.3 is 14.0 Å². The second-order valence-corrected chi connectivity index (χ2v) is 8.32. The Bertz CT molecular complexity index is 1250. The van der Waals surface area contributed by atoms with E-state index in [1.807, 2.05) is 53.3 Å². The summed E-state index contributed by atoms with van der Waals surface area (Å²) in [7, 11) is 0. The number of imidazole rings is 1. The van der Waals surface area contributed by atoms with Gasteiger partial charge in [0.25, 0.3) is 5.56 Å². The van der Waals surface area contributed by atoms with Gasteiger partial charge in [-0.25, -0.2) is 9.67 Å². The van der Waals surface area contributed by atoms with E-state index in [2.05, 4.69) is 21.0 Å². The molecule has 7 nitrogen and oxygen atoms in total. The van der Waals surface area contributed by atoms with Crippen LogP contribution in [-0.4, -0.2) is 45.5 Å². The summed E-state index contributed by atoms with van der Waals surface area (Å²) in [6.07, 6.45) is 6.50. The van der Waals surface area contributed by atoms with E-state index in [9.17, 15) is 4.79 Å². The maximum atomic E-state index is 13.1. The fraction of sp³-hybridized carbons (Fsp3) is 0.348. The number of hydrogen-bond acceptors (Lipinski definition) is 5. The molecule has 30 heavy (non-hydrogen) atoms. The molecule has 0 amide bonds. The molecule has 5 heterocycles. The average molecular weight is 401 g/mol. The van der Waals surface area contributed by atoms with Crippen molar-refractivity contribution in [2.75, 3.05) is 31.2 Å². The van der Waals surface area contributed by atoms with Gasteiger partial charge in [-0.3, -0.25) is 4.79 Å². The lowest BCUT2D eigenvalue weighted by atomic mass is 10.0. The van der Waals surface area contributed by atoms with Gasteiger partial charge in [-0.1, -0.05) is 12.1 Å². The quantitative estimate of drug-likeness (QED) is 0.525. The largest absolute Gasteiger partial charge is 0.381 e. The number of anilines is 1. The predicted molar refractivity (Wildman–Crippen MR) is 115 cm³/mol. The van der Waals surface area contributed by atoms with Crippen molar-refractivity contribution in [3.8, 4) is 0 Å². The standard InChI is InChI=1S/C23H23N5O2/c29-23-19-4-3-5-21(27-11-16-14-30-15-17(16)12-27)20(19)10-24-28(23)9-7-18-13-26-8-2-1-6-22(26)25-18/h1-6,8,10,13,16-17H,7,9,11-12,14-15H2. The van der Waals surface area contributed by atoms with E-state index in [1.54, 1.807) is 4.68 Å². The van der Waals surface area contributed by atoms with Crippen molar-refractivity contribution in [3.05, 3.63) is 71.0 Å². The fourth-order valence-electron chi connectivity index (χ4n) is 4.84. The molecule has 2 fully saturated rings. The third kappa shape index (κ3) is 2.89. The van der Waals surface area contributed by atoms with Gasteiger partial charge in [0.2, 0.25) is 0 Å². The lowest BCUT2D eigenvalue weighted by molar-refractivity contribution is 0.177. The van der Waals surface area contributed by atoms with E-state index in [-0.39, 0.29) is 5.56 Å². The Morgan fingerprint density at radius 1 is 1.03 bits per heavy atom. The molecular weight excluding hydrogens is 378 g/mol. The molecule has 2 aliphatic heterocycles. The molecule has 2 aliphatic rings. The third-order valence-corrected chi connectivity index (χ3v) is 6.45. The fourth-order valence-corrected chi connectivity index (χ4v) is 4.84. The molecule has 1 aromatic carbocycles. The van der Waals surface area contributed by atoms with Crippen LogP contribution in [0.5, 0.6) is 0 Å². The summed E-state index contributed by atoms with van der Waals surface area (Å²) in [5, 5.41) is 6.16. The van der Waals surface area contributed by atoms with E-state index in [1.165, 1.54) is 0 Å². The predicted octanol–water partition coefficient (Wildman–Crippen LogP) is 2.37. The molecule has 0 N–H and O–H groups in total. The number of aromatic nitrogens is 4. The molecule has 3 aromatic heterocycles. The normalized spacial score (nSPS) is 21.0. The van der Waals surface area contributed by atoms with Gasteiger partial charge in [0.05, 0.1) is 37.0 Å². The average Bonchev–Trinajstić information content (AvgIpc) is 3.47. The Balaban J connectivity index is 1.28. The van der Waals surface area contributed by atoms with Gasteiger partial charge in [0.15, 0.2) is 0 Å². The van der Waals surface area contributed by atoms with Crippen molar-refractivity contribution in [3.63, 3.8) is 0 Å². The molecule has 0 spiro atoms. The Kier molecular flexibility index (Phi) is 4.09. The number of pyridine rings is 1. The van der Waals surface area contributed by atoms with E-state index in [0.717, 1.165) is 54.1 Å². The summed E-state index contributed by atoms with van der Waals surface area (Å²) in [5.74, 6) is 1.19. The van der Waals surface area contributed by atoms with Gasteiger partial charge in [0, 0.05) is 54.8 Å². The van der Waals surface area contributed by atoms with E-state index in [4.69, 9.17) is 4.74 Å². The van der Waals surface area contributed by atoms with Crippen LogP contribution in [0.25, 0.3) is 16.4 Å². The zero-order valence-corrected chi connectivity index (χ0v) is 16.6. The third-order valence-electron chi connectivity index (χ3n) is 6.45. The van der Waals surface area contributed by atoms with Crippen LogP contribution in [0.1, 0.15) is 5.69 Å². The Hall–Kier alpha value is -3.19. The monoisotopic (exact) mass is 401 g/mol. The lowest BCUT2D eigenvalue weighted by Crippen LogP contribution is -2.26. The maximum absolute atomic E-state index is 13.1. The Morgan fingerprint density at radius 3 is 2.73 bits per heavy atom. The molecular formula is C23H23N5O2. The Morgan fingerprint density at radius 2 is 1.90 bits per heavy atom. The first-order valence-electron chi connectivity index (χ1n) is 10.5. The molecule has 0 radical (unpaired) electrons. The zero-order chi connectivity index (χ0) is 20.1. The number of nitrogens with zero attached hydrogens (tertiary/aromatic N) is 5. The van der Waals surface area contributed by atoms with Crippen LogP contribution in [0.3, 0.4) is 0 Å². The molecule has 4 aromatic rings. The van der Waals surface area contributed by atoms with Gasteiger partial charge >= 0.3 is 0 Å². The van der Waals surface area contributed by atoms with E-state index in [0.29, 0.717) is 24.8 Å². The summed E-state index contributed by atoms with van der Waals surface area (Å²) in [4.78, 5) is 20.1. The molecule has 0 aliphatic carbocycles. The number of hydrogen-bond donors (Lipinski definition) is 0. The first-order chi connectivity index (χ1) is 14.8. The molecule has 2 unspecified atom stereocenters. The highest BCUT2D eigenvalue weighted by Crippen LogP contribution is 2.35.